The molecule has 5 heteroatoms. The lowest BCUT2D eigenvalue weighted by atomic mass is 9.95. The van der Waals surface area contributed by atoms with Gasteiger partial charge in [0.25, 0.3) is 0 Å². The predicted molar refractivity (Wildman–Crippen MR) is 86.6 cm³/mol. The van der Waals surface area contributed by atoms with Crippen LogP contribution in [0.25, 0.3) is 0 Å². The van der Waals surface area contributed by atoms with Crippen LogP contribution in [0.4, 0.5) is 0 Å². The Balaban J connectivity index is 1.93. The zero-order valence-electron chi connectivity index (χ0n) is 12.5. The summed E-state index contributed by atoms with van der Waals surface area (Å²) in [7, 11) is 1.70. The number of rotatable bonds is 7. The summed E-state index contributed by atoms with van der Waals surface area (Å²) in [6, 6.07) is 5.98. The molecule has 2 rings (SSSR count). The van der Waals surface area contributed by atoms with E-state index in [1.807, 2.05) is 18.2 Å². The molecule has 0 amide bonds. The van der Waals surface area contributed by atoms with Crippen molar-refractivity contribution in [3.8, 4) is 5.75 Å². The van der Waals surface area contributed by atoms with Gasteiger partial charge in [0.05, 0.1) is 12.7 Å². The molecule has 118 valence electrons. The summed E-state index contributed by atoms with van der Waals surface area (Å²) in [6.45, 7) is 2.27. The van der Waals surface area contributed by atoms with Crippen molar-refractivity contribution in [3.63, 3.8) is 0 Å². The van der Waals surface area contributed by atoms with E-state index < -0.39 is 0 Å². The molecule has 0 bridgehead atoms. The van der Waals surface area contributed by atoms with Gasteiger partial charge >= 0.3 is 0 Å². The van der Waals surface area contributed by atoms with E-state index in [-0.39, 0.29) is 12.2 Å². The highest BCUT2D eigenvalue weighted by atomic mass is 79.9. The number of aliphatic hydroxyl groups is 1. The van der Waals surface area contributed by atoms with E-state index in [1.165, 1.54) is 0 Å². The number of benzene rings is 1. The molecule has 2 atom stereocenters. The highest BCUT2D eigenvalue weighted by Gasteiger charge is 2.24. The van der Waals surface area contributed by atoms with Crippen LogP contribution >= 0.6 is 15.9 Å². The molecule has 1 aliphatic carbocycles. The van der Waals surface area contributed by atoms with Crippen molar-refractivity contribution in [3.05, 3.63) is 28.2 Å². The topological polar surface area (TPSA) is 50.7 Å². The fourth-order valence-electron chi connectivity index (χ4n) is 2.55. The summed E-state index contributed by atoms with van der Waals surface area (Å²) in [4.78, 5) is 0. The van der Waals surface area contributed by atoms with Gasteiger partial charge in [-0.15, -0.1) is 0 Å². The van der Waals surface area contributed by atoms with Gasteiger partial charge in [-0.05, 0) is 43.0 Å². The molecule has 0 aliphatic heterocycles. The van der Waals surface area contributed by atoms with Crippen LogP contribution < -0.4 is 10.1 Å². The SMILES string of the molecule is COCCNCc1cc(OC2CCCCC2O)ccc1Br. The average molecular weight is 358 g/mol. The van der Waals surface area contributed by atoms with Crippen LogP contribution in [0.2, 0.25) is 0 Å². The van der Waals surface area contributed by atoms with Crippen molar-refractivity contribution in [2.45, 2.75) is 44.4 Å². The van der Waals surface area contributed by atoms with E-state index in [4.69, 9.17) is 9.47 Å². The third-order valence-electron chi connectivity index (χ3n) is 3.77. The van der Waals surface area contributed by atoms with Crippen LogP contribution in [-0.4, -0.2) is 37.6 Å². The van der Waals surface area contributed by atoms with E-state index in [2.05, 4.69) is 21.2 Å². The predicted octanol–water partition coefficient (Wildman–Crippen LogP) is 2.87. The van der Waals surface area contributed by atoms with E-state index in [1.54, 1.807) is 7.11 Å². The lowest BCUT2D eigenvalue weighted by molar-refractivity contribution is 0.00683. The molecule has 21 heavy (non-hydrogen) atoms. The molecule has 1 saturated carbocycles. The van der Waals surface area contributed by atoms with Crippen molar-refractivity contribution in [2.24, 2.45) is 0 Å². The van der Waals surface area contributed by atoms with Crippen LogP contribution in [0.3, 0.4) is 0 Å². The molecule has 0 aromatic heterocycles. The molecular weight excluding hydrogens is 334 g/mol. The Morgan fingerprint density at radius 3 is 2.90 bits per heavy atom. The maximum atomic E-state index is 9.99. The molecular formula is C16H24BrNO3. The Morgan fingerprint density at radius 1 is 1.33 bits per heavy atom. The van der Waals surface area contributed by atoms with Crippen LogP contribution in [-0.2, 0) is 11.3 Å². The van der Waals surface area contributed by atoms with Gasteiger partial charge in [-0.25, -0.2) is 0 Å². The molecule has 0 saturated heterocycles. The Morgan fingerprint density at radius 2 is 2.14 bits per heavy atom. The van der Waals surface area contributed by atoms with Gasteiger partial charge in [0, 0.05) is 24.7 Å². The zero-order chi connectivity index (χ0) is 15.1. The summed E-state index contributed by atoms with van der Waals surface area (Å²) >= 11 is 3.56. The number of hydrogen-bond donors (Lipinski definition) is 2. The Bertz CT molecular complexity index is 442. The first-order valence-electron chi connectivity index (χ1n) is 7.53. The first kappa shape index (κ1) is 16.7. The second-order valence-electron chi connectivity index (χ2n) is 5.43. The minimum Gasteiger partial charge on any atom is -0.488 e. The number of methoxy groups -OCH3 is 1. The molecule has 2 unspecified atom stereocenters. The second-order valence-corrected chi connectivity index (χ2v) is 6.29. The largest absolute Gasteiger partial charge is 0.488 e. The van der Waals surface area contributed by atoms with Gasteiger partial charge in [0.1, 0.15) is 11.9 Å². The van der Waals surface area contributed by atoms with E-state index in [9.17, 15) is 5.11 Å². The van der Waals surface area contributed by atoms with Gasteiger partial charge in [-0.1, -0.05) is 22.4 Å². The molecule has 0 radical (unpaired) electrons. The normalized spacial score (nSPS) is 22.2. The minimum atomic E-state index is -0.342. The number of halogens is 1. The van der Waals surface area contributed by atoms with Crippen molar-refractivity contribution >= 4 is 15.9 Å². The Kier molecular flexibility index (Phi) is 6.96. The van der Waals surface area contributed by atoms with Gasteiger partial charge < -0.3 is 19.9 Å². The summed E-state index contributed by atoms with van der Waals surface area (Å²) in [5, 5.41) is 13.3. The van der Waals surface area contributed by atoms with Crippen LogP contribution in [0, 0.1) is 0 Å². The van der Waals surface area contributed by atoms with Crippen LogP contribution in [0.5, 0.6) is 5.75 Å². The maximum absolute atomic E-state index is 9.99. The average Bonchev–Trinajstić information content (AvgIpc) is 2.49. The zero-order valence-corrected chi connectivity index (χ0v) is 14.1. The highest BCUT2D eigenvalue weighted by molar-refractivity contribution is 9.10. The van der Waals surface area contributed by atoms with Crippen LogP contribution in [0.15, 0.2) is 22.7 Å². The van der Waals surface area contributed by atoms with E-state index in [0.717, 1.165) is 54.6 Å². The molecule has 1 aromatic rings. The number of ether oxygens (including phenoxy) is 2. The maximum Gasteiger partial charge on any atom is 0.124 e. The van der Waals surface area contributed by atoms with Crippen molar-refractivity contribution in [2.75, 3.05) is 20.3 Å². The lowest BCUT2D eigenvalue weighted by Gasteiger charge is -2.28. The molecule has 1 aromatic carbocycles. The molecule has 1 aliphatic rings. The molecule has 0 spiro atoms. The third kappa shape index (κ3) is 5.25. The third-order valence-corrected chi connectivity index (χ3v) is 4.54. The van der Waals surface area contributed by atoms with Crippen molar-refractivity contribution in [1.29, 1.82) is 0 Å². The monoisotopic (exact) mass is 357 g/mol. The standard InChI is InChI=1S/C16H24BrNO3/c1-20-9-8-18-11-12-10-13(6-7-14(12)17)21-16-5-3-2-4-15(16)19/h6-7,10,15-16,18-19H,2-5,8-9,11H2,1H3. The van der Waals surface area contributed by atoms with Gasteiger partial charge in [0.2, 0.25) is 0 Å². The van der Waals surface area contributed by atoms with Gasteiger partial charge in [-0.3, -0.25) is 0 Å². The highest BCUT2D eigenvalue weighted by Crippen LogP contribution is 2.27. The van der Waals surface area contributed by atoms with E-state index >= 15 is 0 Å². The summed E-state index contributed by atoms with van der Waals surface area (Å²) in [5.41, 5.74) is 1.15. The number of aliphatic hydroxyl groups excluding tert-OH is 1. The minimum absolute atomic E-state index is 0.0748. The summed E-state index contributed by atoms with van der Waals surface area (Å²) in [5.74, 6) is 0.827. The van der Waals surface area contributed by atoms with Crippen molar-refractivity contribution < 1.29 is 14.6 Å². The van der Waals surface area contributed by atoms with E-state index in [0.29, 0.717) is 6.61 Å². The van der Waals surface area contributed by atoms with Crippen LogP contribution in [0.1, 0.15) is 31.2 Å². The van der Waals surface area contributed by atoms with Crippen molar-refractivity contribution in [1.82, 2.24) is 5.32 Å². The first-order valence-corrected chi connectivity index (χ1v) is 8.33. The Hall–Kier alpha value is -0.620. The quantitative estimate of drug-likeness (QED) is 0.736. The van der Waals surface area contributed by atoms with Gasteiger partial charge in [0.15, 0.2) is 0 Å². The fraction of sp³-hybridized carbons (Fsp3) is 0.625. The molecule has 1 fully saturated rings. The fourth-order valence-corrected chi connectivity index (χ4v) is 2.93. The van der Waals surface area contributed by atoms with Gasteiger partial charge in [-0.2, -0.15) is 0 Å². The smallest absolute Gasteiger partial charge is 0.124 e. The summed E-state index contributed by atoms with van der Waals surface area (Å²) in [6.07, 6.45) is 3.57. The molecule has 2 N–H and O–H groups in total. The first-order chi connectivity index (χ1) is 10.2. The lowest BCUT2D eigenvalue weighted by Crippen LogP contribution is -2.34. The summed E-state index contributed by atoms with van der Waals surface area (Å²) < 4.78 is 12.0. The molecule has 4 nitrogen and oxygen atoms in total. The second kappa shape index (κ2) is 8.73. The molecule has 0 heterocycles. The number of nitrogens with one attached hydrogen (secondary N) is 1. The Labute approximate surface area is 135 Å². The number of hydrogen-bond acceptors (Lipinski definition) is 4.